The minimum absolute atomic E-state index is 0.382. The molecule has 1 aliphatic carbocycles. The van der Waals surface area contributed by atoms with Crippen LogP contribution in [0.1, 0.15) is 76.8 Å². The summed E-state index contributed by atoms with van der Waals surface area (Å²) in [6, 6.07) is 9.79. The quantitative estimate of drug-likeness (QED) is 0.510. The van der Waals surface area contributed by atoms with Crippen molar-refractivity contribution in [3.05, 3.63) is 41.0 Å². The second-order valence-corrected chi connectivity index (χ2v) is 10.9. The Morgan fingerprint density at radius 3 is 2.31 bits per heavy atom. The lowest BCUT2D eigenvalue weighted by Crippen LogP contribution is -2.43. The van der Waals surface area contributed by atoms with E-state index in [1.165, 1.54) is 67.7 Å². The Bertz CT molecular complexity index is 1060. The average molecular weight is 479 g/mol. The van der Waals surface area contributed by atoms with Crippen LogP contribution >= 0.6 is 0 Å². The van der Waals surface area contributed by atoms with Gasteiger partial charge in [0.05, 0.1) is 12.6 Å². The minimum atomic E-state index is -0.383. The number of carbonyl (C=O) groups is 1. The van der Waals surface area contributed by atoms with Gasteiger partial charge in [-0.1, -0.05) is 29.3 Å². The summed E-state index contributed by atoms with van der Waals surface area (Å²) in [5.41, 5.74) is 5.67. The molecule has 3 heterocycles. The Kier molecular flexibility index (Phi) is 7.49. The lowest BCUT2D eigenvalue weighted by molar-refractivity contribution is 0.117. The van der Waals surface area contributed by atoms with Crippen molar-refractivity contribution in [2.45, 2.75) is 83.8 Å². The summed E-state index contributed by atoms with van der Waals surface area (Å²) in [5, 5.41) is 4.39. The predicted molar refractivity (Wildman–Crippen MR) is 143 cm³/mol. The van der Waals surface area contributed by atoms with Gasteiger partial charge in [0.15, 0.2) is 0 Å². The molecule has 0 atom stereocenters. The van der Waals surface area contributed by atoms with Crippen molar-refractivity contribution in [1.29, 1.82) is 0 Å². The summed E-state index contributed by atoms with van der Waals surface area (Å²) in [6.45, 7) is 9.93. The van der Waals surface area contributed by atoms with Crippen LogP contribution in [0.3, 0.4) is 0 Å². The van der Waals surface area contributed by atoms with Crippen molar-refractivity contribution in [3.8, 4) is 0 Å². The number of benzene rings is 1. The molecular formula is C29H42N4O2. The number of nitrogens with one attached hydrogen (secondary N) is 1. The first-order valence-electron chi connectivity index (χ1n) is 13.6. The monoisotopic (exact) mass is 478 g/mol. The van der Waals surface area contributed by atoms with Crippen LogP contribution in [0, 0.1) is 0 Å². The number of methoxy groups -OCH3 is 1. The number of rotatable bonds is 5. The molecule has 0 unspecified atom stereocenters. The summed E-state index contributed by atoms with van der Waals surface area (Å²) in [5.74, 6) is 0.939. The molecule has 3 fully saturated rings. The molecule has 2 aliphatic heterocycles. The smallest absolute Gasteiger partial charge is 0.412 e. The molecule has 1 saturated carbocycles. The standard InChI is InChI=1S/C29H42N4O2/c1-21(2)22-10-12-23(13-11-22)32-18-14-24(15-19-32)33-27-9-5-4-8-25(27)26(20-31-16-6-7-17-31)28(33)30-29(34)35-3/h4-5,8-9,23-24H,6-7,10-20H2,1-3H3,(H,30,34). The van der Waals surface area contributed by atoms with Crippen LogP contribution in [-0.2, 0) is 11.3 Å². The van der Waals surface area contributed by atoms with E-state index in [1.54, 1.807) is 5.57 Å². The second-order valence-electron chi connectivity index (χ2n) is 10.9. The Morgan fingerprint density at radius 2 is 1.66 bits per heavy atom. The van der Waals surface area contributed by atoms with E-state index in [2.05, 4.69) is 57.8 Å². The molecule has 2 aromatic rings. The van der Waals surface area contributed by atoms with E-state index >= 15 is 0 Å². The van der Waals surface area contributed by atoms with Gasteiger partial charge in [0.2, 0.25) is 0 Å². The molecule has 1 amide bonds. The number of carbonyl (C=O) groups excluding carboxylic acids is 1. The van der Waals surface area contributed by atoms with E-state index in [4.69, 9.17) is 4.74 Å². The summed E-state index contributed by atoms with van der Waals surface area (Å²) < 4.78 is 7.48. The fourth-order valence-corrected chi connectivity index (χ4v) is 6.64. The predicted octanol–water partition coefficient (Wildman–Crippen LogP) is 6.33. The highest BCUT2D eigenvalue weighted by Gasteiger charge is 2.31. The molecule has 0 radical (unpaired) electrons. The zero-order valence-electron chi connectivity index (χ0n) is 21.8. The molecule has 6 nitrogen and oxygen atoms in total. The SMILES string of the molecule is COC(=O)Nc1c(CN2CCCC2)c2ccccc2n1C1CCN(C2CCC(=C(C)C)CC2)CC1. The summed E-state index contributed by atoms with van der Waals surface area (Å²) in [6.07, 6.45) is 9.49. The van der Waals surface area contributed by atoms with Crippen LogP contribution in [-0.4, -0.2) is 59.8 Å². The van der Waals surface area contributed by atoms with Crippen molar-refractivity contribution in [2.24, 2.45) is 0 Å². The molecule has 1 aromatic heterocycles. The highest BCUT2D eigenvalue weighted by atomic mass is 16.5. The number of aromatic nitrogens is 1. The Balaban J connectivity index is 1.39. The molecule has 190 valence electrons. The zero-order chi connectivity index (χ0) is 24.4. The maximum Gasteiger partial charge on any atom is 0.412 e. The molecule has 1 N–H and O–H groups in total. The summed E-state index contributed by atoms with van der Waals surface area (Å²) >= 11 is 0. The van der Waals surface area contributed by atoms with E-state index in [9.17, 15) is 4.79 Å². The molecule has 5 rings (SSSR count). The van der Waals surface area contributed by atoms with Crippen molar-refractivity contribution in [2.75, 3.05) is 38.6 Å². The number of ether oxygens (including phenoxy) is 1. The topological polar surface area (TPSA) is 49.7 Å². The number of hydrogen-bond acceptors (Lipinski definition) is 4. The number of likely N-dealkylation sites (tertiary alicyclic amines) is 2. The first kappa shape index (κ1) is 24.4. The normalized spacial score (nSPS) is 22.6. The van der Waals surface area contributed by atoms with Gasteiger partial charge in [-0.25, -0.2) is 4.79 Å². The maximum atomic E-state index is 12.4. The number of amides is 1. The van der Waals surface area contributed by atoms with Crippen molar-refractivity contribution in [1.82, 2.24) is 14.4 Å². The van der Waals surface area contributed by atoms with E-state index in [-0.39, 0.29) is 6.09 Å². The van der Waals surface area contributed by atoms with Crippen LogP contribution in [0.5, 0.6) is 0 Å². The maximum absolute atomic E-state index is 12.4. The van der Waals surface area contributed by atoms with Gasteiger partial charge < -0.3 is 14.2 Å². The number of fused-ring (bicyclic) bond motifs is 1. The third kappa shape index (κ3) is 5.14. The van der Waals surface area contributed by atoms with Crippen LogP contribution in [0.4, 0.5) is 10.6 Å². The third-order valence-electron chi connectivity index (χ3n) is 8.65. The number of allylic oxidation sites excluding steroid dienone is 2. The largest absolute Gasteiger partial charge is 0.453 e. The molecular weight excluding hydrogens is 436 g/mol. The third-order valence-corrected chi connectivity index (χ3v) is 8.65. The zero-order valence-corrected chi connectivity index (χ0v) is 21.8. The second kappa shape index (κ2) is 10.8. The average Bonchev–Trinajstić information content (AvgIpc) is 3.51. The van der Waals surface area contributed by atoms with E-state index < -0.39 is 0 Å². The fourth-order valence-electron chi connectivity index (χ4n) is 6.64. The van der Waals surface area contributed by atoms with Crippen LogP contribution in [0.15, 0.2) is 35.4 Å². The molecule has 0 spiro atoms. The van der Waals surface area contributed by atoms with E-state index in [1.807, 2.05) is 0 Å². The van der Waals surface area contributed by atoms with Gasteiger partial charge in [-0.3, -0.25) is 10.2 Å². The summed E-state index contributed by atoms with van der Waals surface area (Å²) in [4.78, 5) is 17.7. The van der Waals surface area contributed by atoms with E-state index in [0.717, 1.165) is 57.4 Å². The number of piperidine rings is 1. The highest BCUT2D eigenvalue weighted by Crippen LogP contribution is 2.39. The molecule has 35 heavy (non-hydrogen) atoms. The van der Waals surface area contributed by atoms with Gasteiger partial charge in [-0.15, -0.1) is 0 Å². The van der Waals surface area contributed by atoms with Gasteiger partial charge in [0, 0.05) is 42.7 Å². The highest BCUT2D eigenvalue weighted by molar-refractivity contribution is 5.95. The van der Waals surface area contributed by atoms with Crippen molar-refractivity contribution in [3.63, 3.8) is 0 Å². The lowest BCUT2D eigenvalue weighted by Gasteiger charge is -2.40. The molecule has 1 aromatic carbocycles. The molecule has 3 aliphatic rings. The van der Waals surface area contributed by atoms with Gasteiger partial charge in [0.25, 0.3) is 0 Å². The van der Waals surface area contributed by atoms with Gasteiger partial charge in [-0.2, -0.15) is 0 Å². The first-order chi connectivity index (χ1) is 17.0. The van der Waals surface area contributed by atoms with Gasteiger partial charge in [-0.05, 0) is 84.4 Å². The number of para-hydroxylation sites is 1. The van der Waals surface area contributed by atoms with E-state index in [0.29, 0.717) is 6.04 Å². The first-order valence-corrected chi connectivity index (χ1v) is 13.6. The molecule has 6 heteroatoms. The Morgan fingerprint density at radius 1 is 0.971 bits per heavy atom. The lowest BCUT2D eigenvalue weighted by atomic mass is 9.86. The molecule has 2 saturated heterocycles. The Hall–Kier alpha value is -2.31. The van der Waals surface area contributed by atoms with Gasteiger partial charge in [0.1, 0.15) is 5.82 Å². The number of hydrogen-bond donors (Lipinski definition) is 1. The van der Waals surface area contributed by atoms with Gasteiger partial charge >= 0.3 is 6.09 Å². The minimum Gasteiger partial charge on any atom is -0.453 e. The number of nitrogens with zero attached hydrogens (tertiary/aromatic N) is 3. The molecule has 0 bridgehead atoms. The van der Waals surface area contributed by atoms with Crippen molar-refractivity contribution >= 4 is 22.8 Å². The number of anilines is 1. The van der Waals surface area contributed by atoms with Crippen LogP contribution < -0.4 is 5.32 Å². The summed E-state index contributed by atoms with van der Waals surface area (Å²) in [7, 11) is 1.45. The van der Waals surface area contributed by atoms with Crippen molar-refractivity contribution < 1.29 is 9.53 Å². The fraction of sp³-hybridized carbons (Fsp3) is 0.621. The van der Waals surface area contributed by atoms with Crippen LogP contribution in [0.2, 0.25) is 0 Å². The Labute approximate surface area is 210 Å². The van der Waals surface area contributed by atoms with Crippen LogP contribution in [0.25, 0.3) is 10.9 Å².